The van der Waals surface area contributed by atoms with Gasteiger partial charge in [0, 0.05) is 62.4 Å². The molecule has 3 nitrogen and oxygen atoms in total. The first-order valence-corrected chi connectivity index (χ1v) is 30.5. The van der Waals surface area contributed by atoms with Crippen LogP contribution in [0.25, 0.3) is 11.1 Å². The molecule has 0 fully saturated rings. The molecule has 0 atom stereocenters. The van der Waals surface area contributed by atoms with Crippen molar-refractivity contribution in [2.45, 2.75) is 131 Å². The Labute approximate surface area is 501 Å². The van der Waals surface area contributed by atoms with Crippen molar-refractivity contribution >= 4 is 74.3 Å². The maximum atomic E-state index is 2.71. The molecule has 2 aliphatic heterocycles. The van der Waals surface area contributed by atoms with Gasteiger partial charge in [0.1, 0.15) is 0 Å². The highest BCUT2D eigenvalue weighted by Gasteiger charge is 2.48. The first kappa shape index (κ1) is 54.9. The summed E-state index contributed by atoms with van der Waals surface area (Å²) in [6, 6.07) is 80.3. The molecule has 3 aliphatic rings. The van der Waals surface area contributed by atoms with Crippen LogP contribution in [0.1, 0.15) is 149 Å². The second-order valence-corrected chi connectivity index (χ2v) is 28.2. The fraction of sp³-hybridized carbons (Fsp3) is 0.250. The number of rotatable bonds is 8. The van der Waals surface area contributed by atoms with Gasteiger partial charge < -0.3 is 14.7 Å². The van der Waals surface area contributed by atoms with Crippen molar-refractivity contribution in [1.82, 2.24) is 0 Å². The normalized spacial score (nSPS) is 14.0. The van der Waals surface area contributed by atoms with E-state index in [2.05, 4.69) is 325 Å². The lowest BCUT2D eigenvalue weighted by molar-refractivity contribution is 0.590. The van der Waals surface area contributed by atoms with E-state index < -0.39 is 0 Å². The highest BCUT2D eigenvalue weighted by atomic mass is 15.2. The third kappa shape index (κ3) is 9.20. The summed E-state index contributed by atoms with van der Waals surface area (Å²) in [5.41, 5.74) is 32.2. The molecule has 10 aromatic rings. The van der Waals surface area contributed by atoms with Crippen LogP contribution in [-0.4, -0.2) is 6.71 Å². The van der Waals surface area contributed by atoms with E-state index in [9.17, 15) is 0 Å². The van der Waals surface area contributed by atoms with E-state index >= 15 is 0 Å². The molecular formula is C80H80BN3. The van der Waals surface area contributed by atoms with E-state index in [1.165, 1.54) is 123 Å². The number of nitrogens with zero attached hydrogens (tertiary/aromatic N) is 3. The molecule has 13 rings (SSSR count). The number of benzene rings is 10. The largest absolute Gasteiger partial charge is 0.311 e. The van der Waals surface area contributed by atoms with Crippen LogP contribution < -0.4 is 31.1 Å². The van der Waals surface area contributed by atoms with Gasteiger partial charge in [0.05, 0.1) is 5.69 Å². The Morgan fingerprint density at radius 1 is 0.405 bits per heavy atom. The molecule has 4 heteroatoms. The highest BCUT2D eigenvalue weighted by Crippen LogP contribution is 2.59. The second kappa shape index (κ2) is 19.9. The molecule has 0 saturated heterocycles. The van der Waals surface area contributed by atoms with Gasteiger partial charge in [0.25, 0.3) is 6.71 Å². The summed E-state index contributed by atoms with van der Waals surface area (Å²) < 4.78 is 0. The minimum atomic E-state index is -0.313. The molecule has 1 aliphatic carbocycles. The van der Waals surface area contributed by atoms with Gasteiger partial charge in [-0.25, -0.2) is 0 Å². The standard InChI is InChI=1S/C80H80BN3/c1-50-20-28-54(29-21-50)73(55-30-22-51(2)23-31-55)64-42-45-69(74-63-18-16-17-19-65(63)80(14,15)75(64)74)84-68-44-34-57(78(8,9)10)46-67(68)81-66-43-41-62(82(59-35-24-52(3)25-36-59)60-37-26-53(4)27-38-60)49-70(66)83(61-39-32-56(33-40-61)77(5,6)7)71-47-58(79(11,12)13)48-72(84)76(71)81/h16-49,73H,1-15H3. The topological polar surface area (TPSA) is 9.72 Å². The highest BCUT2D eigenvalue weighted by molar-refractivity contribution is 7.00. The predicted molar refractivity (Wildman–Crippen MR) is 362 cm³/mol. The van der Waals surface area contributed by atoms with Crippen LogP contribution in [0.3, 0.4) is 0 Å². The van der Waals surface area contributed by atoms with Crippen LogP contribution in [0.5, 0.6) is 0 Å². The molecular weight excluding hydrogens is 1010 g/mol. The Bertz CT molecular complexity index is 4090. The number of hydrogen-bond acceptors (Lipinski definition) is 3. The molecule has 0 amide bonds. The van der Waals surface area contributed by atoms with Crippen LogP contribution >= 0.6 is 0 Å². The van der Waals surface area contributed by atoms with Crippen LogP contribution in [-0.2, 0) is 21.7 Å². The first-order valence-electron chi connectivity index (χ1n) is 30.5. The molecule has 418 valence electrons. The summed E-state index contributed by atoms with van der Waals surface area (Å²) in [5.74, 6) is 0.0134. The number of aryl methyl sites for hydroxylation is 4. The number of fused-ring (bicyclic) bond motifs is 7. The van der Waals surface area contributed by atoms with Gasteiger partial charge >= 0.3 is 0 Å². The van der Waals surface area contributed by atoms with Crippen LogP contribution in [0, 0.1) is 27.7 Å². The van der Waals surface area contributed by atoms with Crippen molar-refractivity contribution in [2.75, 3.05) is 14.7 Å². The van der Waals surface area contributed by atoms with E-state index in [0.717, 1.165) is 22.7 Å². The molecule has 84 heavy (non-hydrogen) atoms. The Morgan fingerprint density at radius 3 is 1.44 bits per heavy atom. The maximum absolute atomic E-state index is 2.71. The zero-order valence-electron chi connectivity index (χ0n) is 52.1. The summed E-state index contributed by atoms with van der Waals surface area (Å²) in [6.45, 7) is 34.8. The Balaban J connectivity index is 1.13. The average Bonchev–Trinajstić information content (AvgIpc) is 1.63. The summed E-state index contributed by atoms with van der Waals surface area (Å²) >= 11 is 0. The monoisotopic (exact) mass is 1090 g/mol. The van der Waals surface area contributed by atoms with Crippen LogP contribution in [0.15, 0.2) is 206 Å². The third-order valence-corrected chi connectivity index (χ3v) is 18.7. The Morgan fingerprint density at radius 2 is 0.893 bits per heavy atom. The van der Waals surface area contributed by atoms with Crippen LogP contribution in [0.2, 0.25) is 0 Å². The lowest BCUT2D eigenvalue weighted by atomic mass is 9.33. The van der Waals surface area contributed by atoms with Gasteiger partial charge in [-0.3, -0.25) is 0 Å². The molecule has 2 heterocycles. The van der Waals surface area contributed by atoms with Gasteiger partial charge in [-0.15, -0.1) is 0 Å². The lowest BCUT2D eigenvalue weighted by Gasteiger charge is -2.46. The molecule has 0 bridgehead atoms. The van der Waals surface area contributed by atoms with E-state index in [-0.39, 0.29) is 34.3 Å². The fourth-order valence-corrected chi connectivity index (χ4v) is 13.9. The zero-order valence-corrected chi connectivity index (χ0v) is 52.1. The predicted octanol–water partition coefficient (Wildman–Crippen LogP) is 19.9. The molecule has 0 radical (unpaired) electrons. The number of anilines is 9. The average molecular weight is 1090 g/mol. The van der Waals surface area contributed by atoms with Crippen molar-refractivity contribution in [3.8, 4) is 11.1 Å². The molecule has 10 aromatic carbocycles. The minimum absolute atomic E-state index is 0.0112. The van der Waals surface area contributed by atoms with Crippen LogP contribution in [0.4, 0.5) is 51.2 Å². The Kier molecular flexibility index (Phi) is 13.0. The third-order valence-electron chi connectivity index (χ3n) is 18.7. The Hall–Kier alpha value is -8.34. The summed E-state index contributed by atoms with van der Waals surface area (Å²) in [6.07, 6.45) is 0. The van der Waals surface area contributed by atoms with Crippen molar-refractivity contribution in [3.05, 3.63) is 273 Å². The van der Waals surface area contributed by atoms with Crippen molar-refractivity contribution in [3.63, 3.8) is 0 Å². The van der Waals surface area contributed by atoms with Crippen molar-refractivity contribution < 1.29 is 0 Å². The van der Waals surface area contributed by atoms with E-state index in [1.54, 1.807) is 0 Å². The van der Waals surface area contributed by atoms with Gasteiger partial charge in [-0.1, -0.05) is 232 Å². The molecule has 0 unspecified atom stereocenters. The molecule has 0 aromatic heterocycles. The summed E-state index contributed by atoms with van der Waals surface area (Å²) in [7, 11) is 0. The smallest absolute Gasteiger partial charge is 0.252 e. The fourth-order valence-electron chi connectivity index (χ4n) is 13.9. The van der Waals surface area contributed by atoms with Crippen molar-refractivity contribution in [2.24, 2.45) is 0 Å². The van der Waals surface area contributed by atoms with Gasteiger partial charge in [0.2, 0.25) is 0 Å². The van der Waals surface area contributed by atoms with Gasteiger partial charge in [0.15, 0.2) is 0 Å². The van der Waals surface area contributed by atoms with E-state index in [1.807, 2.05) is 0 Å². The second-order valence-electron chi connectivity index (χ2n) is 28.2. The quantitative estimate of drug-likeness (QED) is 0.111. The lowest BCUT2D eigenvalue weighted by Crippen LogP contribution is -2.61. The van der Waals surface area contributed by atoms with E-state index in [0.29, 0.717) is 0 Å². The zero-order chi connectivity index (χ0) is 58.9. The summed E-state index contributed by atoms with van der Waals surface area (Å²) in [4.78, 5) is 7.76. The van der Waals surface area contributed by atoms with Crippen molar-refractivity contribution in [1.29, 1.82) is 0 Å². The molecule has 0 N–H and O–H groups in total. The van der Waals surface area contributed by atoms with E-state index in [4.69, 9.17) is 0 Å². The van der Waals surface area contributed by atoms with Gasteiger partial charge in [-0.05, 0) is 183 Å². The summed E-state index contributed by atoms with van der Waals surface area (Å²) in [5, 5.41) is 0. The SMILES string of the molecule is Cc1ccc(C(c2ccc(C)cc2)c2ccc(N3c4ccc(C(C)(C)C)cc4B4c5ccc(N(c6ccc(C)cc6)c6ccc(C)cc6)cc5N(c5ccc(C(C)(C)C)cc5)c5cc(C(C)(C)C)cc3c54)c3c2C(C)(C)c2ccccc2-3)cc1. The van der Waals surface area contributed by atoms with Gasteiger partial charge in [-0.2, -0.15) is 0 Å². The maximum Gasteiger partial charge on any atom is 0.252 e. The molecule has 0 saturated carbocycles. The first-order chi connectivity index (χ1) is 39.9. The minimum Gasteiger partial charge on any atom is -0.311 e. The number of hydrogen-bond donors (Lipinski definition) is 0. The molecule has 0 spiro atoms.